The molecule has 0 bridgehead atoms. The molecule has 1 saturated heterocycles. The summed E-state index contributed by atoms with van der Waals surface area (Å²) in [4.78, 5) is 22.2. The van der Waals surface area contributed by atoms with Gasteiger partial charge in [-0.05, 0) is 18.1 Å². The number of anilines is 1. The van der Waals surface area contributed by atoms with Crippen molar-refractivity contribution in [2.75, 3.05) is 18.4 Å². The van der Waals surface area contributed by atoms with Crippen LogP contribution in [0.25, 0.3) is 0 Å². The van der Waals surface area contributed by atoms with Gasteiger partial charge in [-0.3, -0.25) is 4.79 Å². The maximum absolute atomic E-state index is 11.4. The lowest BCUT2D eigenvalue weighted by atomic mass is 10.1. The molecule has 0 unspecified atom stereocenters. The number of carbonyl (C=O) groups excluding carboxylic acids is 1. The van der Waals surface area contributed by atoms with Gasteiger partial charge in [0.05, 0.1) is 0 Å². The van der Waals surface area contributed by atoms with Gasteiger partial charge >= 0.3 is 0 Å². The van der Waals surface area contributed by atoms with Crippen molar-refractivity contribution in [1.82, 2.24) is 14.9 Å². The molecule has 1 atom stereocenters. The fraction of sp³-hybridized carbons (Fsp3) is 0.353. The van der Waals surface area contributed by atoms with Gasteiger partial charge in [0.2, 0.25) is 5.91 Å². The molecule has 22 heavy (non-hydrogen) atoms. The summed E-state index contributed by atoms with van der Waals surface area (Å²) in [5.41, 5.74) is 1.20. The van der Waals surface area contributed by atoms with Crippen LogP contribution in [0, 0.1) is 0 Å². The SMILES string of the molecule is CC(=O)N1CC[C@@H](Nc2ccnc(Cc3ccccc3)n2)C1. The average Bonchev–Trinajstić information content (AvgIpc) is 2.97. The van der Waals surface area contributed by atoms with E-state index in [2.05, 4.69) is 27.4 Å². The number of likely N-dealkylation sites (tertiary alicyclic amines) is 1. The second-order valence-electron chi connectivity index (χ2n) is 5.62. The number of amides is 1. The van der Waals surface area contributed by atoms with E-state index in [1.165, 1.54) is 5.56 Å². The normalized spacial score (nSPS) is 17.5. The number of nitrogens with one attached hydrogen (secondary N) is 1. The van der Waals surface area contributed by atoms with Gasteiger partial charge in [0.15, 0.2) is 0 Å². The predicted octanol–water partition coefficient (Wildman–Crippen LogP) is 2.10. The van der Waals surface area contributed by atoms with Gasteiger partial charge in [0, 0.05) is 38.7 Å². The van der Waals surface area contributed by atoms with Gasteiger partial charge in [-0.2, -0.15) is 0 Å². The molecule has 3 rings (SSSR count). The molecule has 2 heterocycles. The molecule has 5 heteroatoms. The Balaban J connectivity index is 1.63. The fourth-order valence-electron chi connectivity index (χ4n) is 2.72. The number of aromatic nitrogens is 2. The molecule has 5 nitrogen and oxygen atoms in total. The first-order valence-electron chi connectivity index (χ1n) is 7.58. The molecule has 0 aliphatic carbocycles. The summed E-state index contributed by atoms with van der Waals surface area (Å²) in [6.45, 7) is 3.17. The van der Waals surface area contributed by atoms with Gasteiger partial charge in [-0.1, -0.05) is 30.3 Å². The Morgan fingerprint density at radius 1 is 1.32 bits per heavy atom. The first-order chi connectivity index (χ1) is 10.7. The molecule has 1 aromatic carbocycles. The molecule has 0 saturated carbocycles. The van der Waals surface area contributed by atoms with Crippen molar-refractivity contribution in [3.05, 3.63) is 54.0 Å². The van der Waals surface area contributed by atoms with Crippen molar-refractivity contribution in [3.8, 4) is 0 Å². The zero-order chi connectivity index (χ0) is 15.4. The highest BCUT2D eigenvalue weighted by Gasteiger charge is 2.24. The number of benzene rings is 1. The highest BCUT2D eigenvalue weighted by molar-refractivity contribution is 5.73. The van der Waals surface area contributed by atoms with E-state index in [4.69, 9.17) is 0 Å². The van der Waals surface area contributed by atoms with Gasteiger partial charge in [-0.15, -0.1) is 0 Å². The Kier molecular flexibility index (Phi) is 4.32. The maximum atomic E-state index is 11.4. The standard InChI is InChI=1S/C17H20N4O/c1-13(22)21-10-8-15(12-21)19-16-7-9-18-17(20-16)11-14-5-3-2-4-6-14/h2-7,9,15H,8,10-12H2,1H3,(H,18,19,20)/t15-/m1/s1. The minimum atomic E-state index is 0.136. The minimum Gasteiger partial charge on any atom is -0.365 e. The predicted molar refractivity (Wildman–Crippen MR) is 85.6 cm³/mol. The third-order valence-corrected chi connectivity index (χ3v) is 3.90. The summed E-state index contributed by atoms with van der Waals surface area (Å²) < 4.78 is 0. The first kappa shape index (κ1) is 14.5. The Bertz CT molecular complexity index is 644. The zero-order valence-electron chi connectivity index (χ0n) is 12.7. The second-order valence-corrected chi connectivity index (χ2v) is 5.62. The van der Waals surface area contributed by atoms with Crippen LogP contribution in [-0.4, -0.2) is 39.9 Å². The highest BCUT2D eigenvalue weighted by Crippen LogP contribution is 2.15. The number of hydrogen-bond acceptors (Lipinski definition) is 4. The summed E-state index contributed by atoms with van der Waals surface area (Å²) in [5, 5.41) is 3.41. The maximum Gasteiger partial charge on any atom is 0.219 e. The van der Waals surface area contributed by atoms with Crippen LogP contribution >= 0.6 is 0 Å². The second kappa shape index (κ2) is 6.56. The van der Waals surface area contributed by atoms with E-state index in [0.717, 1.165) is 37.6 Å². The summed E-state index contributed by atoms with van der Waals surface area (Å²) in [6.07, 6.45) is 3.46. The number of hydrogen-bond donors (Lipinski definition) is 1. The number of rotatable bonds is 4. The van der Waals surface area contributed by atoms with Crippen molar-refractivity contribution in [2.45, 2.75) is 25.8 Å². The van der Waals surface area contributed by atoms with E-state index < -0.39 is 0 Å². The number of carbonyl (C=O) groups is 1. The minimum absolute atomic E-state index is 0.136. The lowest BCUT2D eigenvalue weighted by Gasteiger charge is -2.15. The molecule has 1 amide bonds. The quantitative estimate of drug-likeness (QED) is 0.938. The Morgan fingerprint density at radius 3 is 2.86 bits per heavy atom. The monoisotopic (exact) mass is 296 g/mol. The van der Waals surface area contributed by atoms with E-state index >= 15 is 0 Å². The molecule has 1 aliphatic rings. The van der Waals surface area contributed by atoms with Crippen LogP contribution in [0.1, 0.15) is 24.7 Å². The van der Waals surface area contributed by atoms with Crippen LogP contribution in [0.15, 0.2) is 42.6 Å². The van der Waals surface area contributed by atoms with Gasteiger partial charge in [0.1, 0.15) is 11.6 Å². The molecule has 1 aliphatic heterocycles. The zero-order valence-corrected chi connectivity index (χ0v) is 12.7. The van der Waals surface area contributed by atoms with Crippen molar-refractivity contribution in [3.63, 3.8) is 0 Å². The molecular weight excluding hydrogens is 276 g/mol. The van der Waals surface area contributed by atoms with Crippen LogP contribution in [0.5, 0.6) is 0 Å². The van der Waals surface area contributed by atoms with Gasteiger partial charge in [0.25, 0.3) is 0 Å². The first-order valence-corrected chi connectivity index (χ1v) is 7.58. The van der Waals surface area contributed by atoms with Crippen LogP contribution in [-0.2, 0) is 11.2 Å². The third-order valence-electron chi connectivity index (χ3n) is 3.90. The van der Waals surface area contributed by atoms with E-state index in [0.29, 0.717) is 0 Å². The lowest BCUT2D eigenvalue weighted by Crippen LogP contribution is -2.29. The van der Waals surface area contributed by atoms with Crippen LogP contribution in [0.4, 0.5) is 5.82 Å². The number of nitrogens with zero attached hydrogens (tertiary/aromatic N) is 3. The Labute approximate surface area is 130 Å². The summed E-state index contributed by atoms with van der Waals surface area (Å²) in [7, 11) is 0. The third kappa shape index (κ3) is 3.61. The molecule has 0 spiro atoms. The van der Waals surface area contributed by atoms with Crippen LogP contribution < -0.4 is 5.32 Å². The Morgan fingerprint density at radius 2 is 2.14 bits per heavy atom. The molecular formula is C17H20N4O. The van der Waals surface area contributed by atoms with E-state index in [1.54, 1.807) is 13.1 Å². The topological polar surface area (TPSA) is 58.1 Å². The highest BCUT2D eigenvalue weighted by atomic mass is 16.2. The summed E-state index contributed by atoms with van der Waals surface area (Å²) in [5.74, 6) is 1.77. The van der Waals surface area contributed by atoms with Gasteiger partial charge < -0.3 is 10.2 Å². The summed E-state index contributed by atoms with van der Waals surface area (Å²) in [6, 6.07) is 12.3. The molecule has 2 aromatic rings. The van der Waals surface area contributed by atoms with Gasteiger partial charge in [-0.25, -0.2) is 9.97 Å². The lowest BCUT2D eigenvalue weighted by molar-refractivity contribution is -0.127. The molecule has 0 radical (unpaired) electrons. The van der Waals surface area contributed by atoms with E-state index in [9.17, 15) is 4.79 Å². The van der Waals surface area contributed by atoms with E-state index in [-0.39, 0.29) is 11.9 Å². The smallest absolute Gasteiger partial charge is 0.219 e. The van der Waals surface area contributed by atoms with Crippen molar-refractivity contribution in [2.24, 2.45) is 0 Å². The largest absolute Gasteiger partial charge is 0.365 e. The Hall–Kier alpha value is -2.43. The van der Waals surface area contributed by atoms with Crippen molar-refractivity contribution >= 4 is 11.7 Å². The molecule has 1 aromatic heterocycles. The van der Waals surface area contributed by atoms with Crippen molar-refractivity contribution < 1.29 is 4.79 Å². The molecule has 1 fully saturated rings. The molecule has 1 N–H and O–H groups in total. The summed E-state index contributed by atoms with van der Waals surface area (Å²) >= 11 is 0. The average molecular weight is 296 g/mol. The fourth-order valence-corrected chi connectivity index (χ4v) is 2.72. The van der Waals surface area contributed by atoms with Crippen LogP contribution in [0.3, 0.4) is 0 Å². The van der Waals surface area contributed by atoms with Crippen LogP contribution in [0.2, 0.25) is 0 Å². The molecule has 114 valence electrons. The van der Waals surface area contributed by atoms with Crippen molar-refractivity contribution in [1.29, 1.82) is 0 Å². The van der Waals surface area contributed by atoms with E-state index in [1.807, 2.05) is 29.2 Å².